The van der Waals surface area contributed by atoms with Gasteiger partial charge >= 0.3 is 6.03 Å². The van der Waals surface area contributed by atoms with E-state index in [0.29, 0.717) is 12.6 Å². The zero-order valence-corrected chi connectivity index (χ0v) is 13.6. The van der Waals surface area contributed by atoms with Crippen LogP contribution in [0.1, 0.15) is 44.6 Å². The summed E-state index contributed by atoms with van der Waals surface area (Å²) in [6.45, 7) is 5.93. The van der Waals surface area contributed by atoms with Crippen LogP contribution in [0.2, 0.25) is 0 Å². The minimum absolute atomic E-state index is 0.0865. The van der Waals surface area contributed by atoms with E-state index in [1.54, 1.807) is 0 Å². The Bertz CT molecular complexity index is 511. The van der Waals surface area contributed by atoms with Gasteiger partial charge in [0.25, 0.3) is 0 Å². The Balaban J connectivity index is 1.62. The van der Waals surface area contributed by atoms with Crippen LogP contribution in [0, 0.1) is 0 Å². The van der Waals surface area contributed by atoms with Crippen LogP contribution in [0.4, 0.5) is 10.5 Å². The average molecular weight is 301 g/mol. The second-order valence-electron chi connectivity index (χ2n) is 6.52. The lowest BCUT2D eigenvalue weighted by molar-refractivity contribution is 0.158. The molecular formula is C18H27N3O. The molecule has 1 aromatic carbocycles. The Morgan fingerprint density at radius 3 is 2.64 bits per heavy atom. The molecule has 0 aromatic heterocycles. The van der Waals surface area contributed by atoms with Crippen molar-refractivity contribution in [2.24, 2.45) is 0 Å². The normalized spacial score (nSPS) is 22.0. The molecule has 2 amide bonds. The number of hydrogen-bond acceptors (Lipinski definition) is 2. The molecule has 2 saturated heterocycles. The molecule has 4 heteroatoms. The van der Waals surface area contributed by atoms with Crippen LogP contribution in [0.15, 0.2) is 24.3 Å². The minimum Gasteiger partial charge on any atom is -0.371 e. The van der Waals surface area contributed by atoms with E-state index in [1.165, 1.54) is 30.5 Å². The zero-order valence-electron chi connectivity index (χ0n) is 13.6. The number of carbonyl (C=O) groups is 1. The first kappa shape index (κ1) is 15.2. The number of hydrogen-bond donors (Lipinski definition) is 1. The highest BCUT2D eigenvalue weighted by molar-refractivity contribution is 5.75. The summed E-state index contributed by atoms with van der Waals surface area (Å²) in [5, 5.41) is 3.12. The van der Waals surface area contributed by atoms with Gasteiger partial charge in [0.1, 0.15) is 0 Å². The highest BCUT2D eigenvalue weighted by Gasteiger charge is 2.23. The molecule has 2 aliphatic rings. The van der Waals surface area contributed by atoms with E-state index >= 15 is 0 Å². The quantitative estimate of drug-likeness (QED) is 0.929. The molecule has 0 spiro atoms. The number of urea groups is 1. The highest BCUT2D eigenvalue weighted by Crippen LogP contribution is 2.24. The van der Waals surface area contributed by atoms with Crippen molar-refractivity contribution in [3.05, 3.63) is 29.8 Å². The van der Waals surface area contributed by atoms with Gasteiger partial charge in [0.2, 0.25) is 0 Å². The predicted octanol–water partition coefficient (Wildman–Crippen LogP) is 3.37. The number of likely N-dealkylation sites (tertiary alicyclic amines) is 1. The number of anilines is 1. The number of rotatable bonds is 3. The van der Waals surface area contributed by atoms with Gasteiger partial charge in [0, 0.05) is 37.9 Å². The summed E-state index contributed by atoms with van der Waals surface area (Å²) in [4.78, 5) is 16.8. The summed E-state index contributed by atoms with van der Waals surface area (Å²) in [6.07, 6.45) is 6.03. The van der Waals surface area contributed by atoms with Crippen molar-refractivity contribution in [2.45, 2.75) is 51.6 Å². The maximum atomic E-state index is 12.4. The predicted molar refractivity (Wildman–Crippen MR) is 90.1 cm³/mol. The molecule has 0 saturated carbocycles. The Kier molecular flexibility index (Phi) is 4.86. The topological polar surface area (TPSA) is 35.6 Å². The van der Waals surface area contributed by atoms with Crippen molar-refractivity contribution in [3.63, 3.8) is 0 Å². The number of nitrogens with zero attached hydrogens (tertiary/aromatic N) is 2. The molecule has 3 rings (SSSR count). The lowest BCUT2D eigenvalue weighted by atomic mass is 10.0. The lowest BCUT2D eigenvalue weighted by Gasteiger charge is -2.33. The van der Waals surface area contributed by atoms with Crippen molar-refractivity contribution >= 4 is 11.7 Å². The summed E-state index contributed by atoms with van der Waals surface area (Å²) in [7, 11) is 0. The third-order valence-electron chi connectivity index (χ3n) is 4.93. The summed E-state index contributed by atoms with van der Waals surface area (Å²) in [6, 6.07) is 8.91. The van der Waals surface area contributed by atoms with Gasteiger partial charge in [0.15, 0.2) is 0 Å². The highest BCUT2D eigenvalue weighted by atomic mass is 16.2. The van der Waals surface area contributed by atoms with E-state index in [-0.39, 0.29) is 6.03 Å². The average Bonchev–Trinajstić information content (AvgIpc) is 3.07. The fraction of sp³-hybridized carbons (Fsp3) is 0.611. The fourth-order valence-electron chi connectivity index (χ4n) is 3.60. The molecule has 0 radical (unpaired) electrons. The Morgan fingerprint density at radius 2 is 1.86 bits per heavy atom. The van der Waals surface area contributed by atoms with Gasteiger partial charge in [-0.25, -0.2) is 4.79 Å². The summed E-state index contributed by atoms with van der Waals surface area (Å²) in [5.41, 5.74) is 2.51. The first-order valence-electron chi connectivity index (χ1n) is 8.63. The van der Waals surface area contributed by atoms with Crippen molar-refractivity contribution in [1.82, 2.24) is 10.2 Å². The number of amides is 2. The maximum absolute atomic E-state index is 12.4. The molecule has 2 aliphatic heterocycles. The van der Waals surface area contributed by atoms with E-state index in [2.05, 4.69) is 41.4 Å². The van der Waals surface area contributed by atoms with E-state index in [9.17, 15) is 4.79 Å². The second kappa shape index (κ2) is 7.03. The standard InChI is InChI=1S/C18H27N3O/c1-15-8-4-5-13-21(15)18(22)19-14-16-9-2-3-10-17(16)20-11-6-7-12-20/h2-3,9-10,15H,4-8,11-14H2,1H3,(H,19,22). The Labute approximate surface area is 133 Å². The van der Waals surface area contributed by atoms with Gasteiger partial charge in [-0.1, -0.05) is 18.2 Å². The van der Waals surface area contributed by atoms with Gasteiger partial charge in [0.05, 0.1) is 0 Å². The molecule has 0 aliphatic carbocycles. The third kappa shape index (κ3) is 3.37. The van der Waals surface area contributed by atoms with Crippen LogP contribution in [-0.4, -0.2) is 36.6 Å². The Morgan fingerprint density at radius 1 is 1.14 bits per heavy atom. The molecule has 22 heavy (non-hydrogen) atoms. The smallest absolute Gasteiger partial charge is 0.317 e. The van der Waals surface area contributed by atoms with Crippen LogP contribution < -0.4 is 10.2 Å². The summed E-state index contributed by atoms with van der Waals surface area (Å²) < 4.78 is 0. The minimum atomic E-state index is 0.0865. The molecule has 4 nitrogen and oxygen atoms in total. The van der Waals surface area contributed by atoms with Crippen molar-refractivity contribution in [2.75, 3.05) is 24.5 Å². The molecular weight excluding hydrogens is 274 g/mol. The Hall–Kier alpha value is -1.71. The fourth-order valence-corrected chi connectivity index (χ4v) is 3.60. The molecule has 1 atom stereocenters. The van der Waals surface area contributed by atoms with Crippen LogP contribution >= 0.6 is 0 Å². The molecule has 0 bridgehead atoms. The first-order valence-corrected chi connectivity index (χ1v) is 8.63. The number of benzene rings is 1. The van der Waals surface area contributed by atoms with Crippen LogP contribution in [0.3, 0.4) is 0 Å². The first-order chi connectivity index (χ1) is 10.8. The van der Waals surface area contributed by atoms with Gasteiger partial charge in [-0.05, 0) is 50.7 Å². The van der Waals surface area contributed by atoms with Gasteiger partial charge in [-0.2, -0.15) is 0 Å². The van der Waals surface area contributed by atoms with Gasteiger partial charge in [-0.15, -0.1) is 0 Å². The summed E-state index contributed by atoms with van der Waals surface area (Å²) in [5.74, 6) is 0. The van der Waals surface area contributed by atoms with Crippen LogP contribution in [-0.2, 0) is 6.54 Å². The molecule has 1 aromatic rings. The third-order valence-corrected chi connectivity index (χ3v) is 4.93. The van der Waals surface area contributed by atoms with E-state index < -0.39 is 0 Å². The lowest BCUT2D eigenvalue weighted by Crippen LogP contribution is -2.47. The number of carbonyl (C=O) groups excluding carboxylic acids is 1. The van der Waals surface area contributed by atoms with Crippen LogP contribution in [0.25, 0.3) is 0 Å². The zero-order chi connectivity index (χ0) is 15.4. The largest absolute Gasteiger partial charge is 0.371 e. The monoisotopic (exact) mass is 301 g/mol. The van der Waals surface area contributed by atoms with E-state index in [0.717, 1.165) is 32.5 Å². The number of para-hydroxylation sites is 1. The van der Waals surface area contributed by atoms with Crippen molar-refractivity contribution in [3.8, 4) is 0 Å². The molecule has 2 heterocycles. The molecule has 2 fully saturated rings. The van der Waals surface area contributed by atoms with E-state index in [4.69, 9.17) is 0 Å². The molecule has 120 valence electrons. The van der Waals surface area contributed by atoms with Crippen LogP contribution in [0.5, 0.6) is 0 Å². The number of nitrogens with one attached hydrogen (secondary N) is 1. The van der Waals surface area contributed by atoms with E-state index in [1.807, 2.05) is 4.90 Å². The van der Waals surface area contributed by atoms with Crippen molar-refractivity contribution in [1.29, 1.82) is 0 Å². The second-order valence-corrected chi connectivity index (χ2v) is 6.52. The molecule has 1 unspecified atom stereocenters. The maximum Gasteiger partial charge on any atom is 0.317 e. The number of piperidine rings is 1. The van der Waals surface area contributed by atoms with Gasteiger partial charge in [-0.3, -0.25) is 0 Å². The summed E-state index contributed by atoms with van der Waals surface area (Å²) >= 11 is 0. The molecule has 1 N–H and O–H groups in total. The SMILES string of the molecule is CC1CCCCN1C(=O)NCc1ccccc1N1CCCC1. The van der Waals surface area contributed by atoms with Crippen molar-refractivity contribution < 1.29 is 4.79 Å². The van der Waals surface area contributed by atoms with Gasteiger partial charge < -0.3 is 15.1 Å².